The predicted octanol–water partition coefficient (Wildman–Crippen LogP) is 2.47. The number of benzene rings is 2. The largest absolute Gasteiger partial charge is 0.495 e. The number of aromatic amines is 1. The first-order valence-electron chi connectivity index (χ1n) is 9.60. The number of anilines is 2. The summed E-state index contributed by atoms with van der Waals surface area (Å²) in [5.41, 5.74) is 2.17. The van der Waals surface area contributed by atoms with E-state index in [2.05, 4.69) is 10.3 Å². The maximum absolute atomic E-state index is 13.0. The first-order valence-corrected chi connectivity index (χ1v) is 9.60. The Morgan fingerprint density at radius 2 is 1.80 bits per heavy atom. The van der Waals surface area contributed by atoms with Crippen LogP contribution in [0.3, 0.4) is 0 Å². The first kappa shape index (κ1) is 19.5. The number of nitrogens with zero attached hydrogens (tertiary/aromatic N) is 2. The van der Waals surface area contributed by atoms with Crippen LogP contribution in [-0.2, 0) is 9.59 Å². The molecular formula is C22H22N4O4. The summed E-state index contributed by atoms with van der Waals surface area (Å²) >= 11 is 0. The van der Waals surface area contributed by atoms with Crippen LogP contribution in [0.2, 0.25) is 0 Å². The van der Waals surface area contributed by atoms with Crippen molar-refractivity contribution >= 4 is 23.2 Å². The maximum atomic E-state index is 13.0. The van der Waals surface area contributed by atoms with Crippen molar-refractivity contribution < 1.29 is 14.3 Å². The molecule has 4 rings (SSSR count). The number of nitrogens with one attached hydrogen (secondary N) is 2. The van der Waals surface area contributed by atoms with Gasteiger partial charge in [0.05, 0.1) is 30.1 Å². The van der Waals surface area contributed by atoms with E-state index in [0.29, 0.717) is 22.8 Å². The number of carbonyl (C=O) groups excluding carboxylic acids is 2. The number of aryl methyl sites for hydroxylation is 1. The zero-order chi connectivity index (χ0) is 21.3. The highest BCUT2D eigenvalue weighted by Gasteiger charge is 2.36. The molecule has 1 aromatic heterocycles. The number of rotatable bonds is 5. The molecule has 0 radical (unpaired) electrons. The minimum Gasteiger partial charge on any atom is -0.495 e. The van der Waals surface area contributed by atoms with E-state index in [4.69, 9.17) is 4.74 Å². The van der Waals surface area contributed by atoms with Crippen LogP contribution in [0.15, 0.2) is 59.5 Å². The summed E-state index contributed by atoms with van der Waals surface area (Å²) in [5, 5.41) is 2.89. The lowest BCUT2D eigenvalue weighted by Gasteiger charge is -2.19. The summed E-state index contributed by atoms with van der Waals surface area (Å²) in [4.78, 5) is 42.0. The first-order chi connectivity index (χ1) is 14.5. The quantitative estimate of drug-likeness (QED) is 0.680. The summed E-state index contributed by atoms with van der Waals surface area (Å²) in [6, 6.07) is 14.3. The third-order valence-electron chi connectivity index (χ3n) is 5.23. The van der Waals surface area contributed by atoms with Gasteiger partial charge in [0.1, 0.15) is 5.75 Å². The minimum atomic E-state index is -0.514. The van der Waals surface area contributed by atoms with Crippen LogP contribution in [0.4, 0.5) is 11.4 Å². The highest BCUT2D eigenvalue weighted by Crippen LogP contribution is 2.33. The molecule has 2 amide bonds. The molecule has 1 unspecified atom stereocenters. The van der Waals surface area contributed by atoms with Crippen molar-refractivity contribution in [3.63, 3.8) is 0 Å². The average Bonchev–Trinajstić information content (AvgIpc) is 3.30. The number of methoxy groups -OCH3 is 1. The van der Waals surface area contributed by atoms with Crippen molar-refractivity contribution in [1.82, 2.24) is 9.55 Å². The summed E-state index contributed by atoms with van der Waals surface area (Å²) in [5.74, 6) is -0.334. The Bertz CT molecular complexity index is 1160. The SMILES string of the molecule is COc1ccccc1N1CC(C(=O)Nc2ccccc2-n2c(C)c[nH]c2=O)CC1=O. The van der Waals surface area contributed by atoms with Crippen LogP contribution in [-0.4, -0.2) is 35.0 Å². The molecule has 2 N–H and O–H groups in total. The second kappa shape index (κ2) is 7.90. The molecule has 2 aromatic carbocycles. The molecule has 1 aliphatic heterocycles. The van der Waals surface area contributed by atoms with E-state index in [1.54, 1.807) is 61.5 Å². The molecule has 8 heteroatoms. The zero-order valence-electron chi connectivity index (χ0n) is 16.7. The second-order valence-corrected chi connectivity index (χ2v) is 7.15. The molecule has 0 saturated carbocycles. The molecule has 1 aliphatic rings. The van der Waals surface area contributed by atoms with Gasteiger partial charge in [0.25, 0.3) is 0 Å². The fourth-order valence-electron chi connectivity index (χ4n) is 3.73. The van der Waals surface area contributed by atoms with E-state index >= 15 is 0 Å². The molecule has 0 spiro atoms. The minimum absolute atomic E-state index is 0.106. The van der Waals surface area contributed by atoms with Gasteiger partial charge in [0.15, 0.2) is 0 Å². The number of imidazole rings is 1. The van der Waals surface area contributed by atoms with Crippen molar-refractivity contribution in [2.24, 2.45) is 5.92 Å². The number of H-pyrrole nitrogens is 1. The van der Waals surface area contributed by atoms with Gasteiger partial charge in [0, 0.05) is 24.9 Å². The number of hydrogen-bond donors (Lipinski definition) is 2. The van der Waals surface area contributed by atoms with Gasteiger partial charge in [-0.05, 0) is 31.2 Å². The smallest absolute Gasteiger partial charge is 0.330 e. The van der Waals surface area contributed by atoms with E-state index in [1.807, 2.05) is 12.1 Å². The highest BCUT2D eigenvalue weighted by molar-refractivity contribution is 6.04. The van der Waals surface area contributed by atoms with Gasteiger partial charge in [-0.1, -0.05) is 24.3 Å². The Kier molecular flexibility index (Phi) is 5.14. The Morgan fingerprint density at radius 3 is 2.50 bits per heavy atom. The molecular weight excluding hydrogens is 384 g/mol. The zero-order valence-corrected chi connectivity index (χ0v) is 16.7. The van der Waals surface area contributed by atoms with Gasteiger partial charge in [-0.15, -0.1) is 0 Å². The fraction of sp³-hybridized carbons (Fsp3) is 0.227. The lowest BCUT2D eigenvalue weighted by atomic mass is 10.1. The lowest BCUT2D eigenvalue weighted by molar-refractivity contribution is -0.122. The van der Waals surface area contributed by atoms with Crippen LogP contribution in [0.25, 0.3) is 5.69 Å². The standard InChI is InChI=1S/C22H22N4O4/c1-14-12-23-22(29)26(14)17-8-4-3-7-16(17)24-21(28)15-11-20(27)25(13-15)18-9-5-6-10-19(18)30-2/h3-10,12,15H,11,13H2,1-2H3,(H,23,29)(H,24,28). The van der Waals surface area contributed by atoms with Crippen molar-refractivity contribution in [2.75, 3.05) is 23.9 Å². The third-order valence-corrected chi connectivity index (χ3v) is 5.23. The van der Waals surface area contributed by atoms with Gasteiger partial charge in [-0.2, -0.15) is 0 Å². The van der Waals surface area contributed by atoms with Crippen molar-refractivity contribution in [2.45, 2.75) is 13.3 Å². The number of para-hydroxylation sites is 4. The van der Waals surface area contributed by atoms with E-state index < -0.39 is 5.92 Å². The van der Waals surface area contributed by atoms with E-state index in [1.165, 1.54) is 4.57 Å². The van der Waals surface area contributed by atoms with Crippen LogP contribution in [0, 0.1) is 12.8 Å². The number of aromatic nitrogens is 2. The number of hydrogen-bond acceptors (Lipinski definition) is 4. The maximum Gasteiger partial charge on any atom is 0.330 e. The number of ether oxygens (including phenoxy) is 1. The molecule has 1 fully saturated rings. The molecule has 30 heavy (non-hydrogen) atoms. The van der Waals surface area contributed by atoms with Gasteiger partial charge >= 0.3 is 5.69 Å². The molecule has 8 nitrogen and oxygen atoms in total. The van der Waals surface area contributed by atoms with Crippen LogP contribution in [0.5, 0.6) is 5.75 Å². The summed E-state index contributed by atoms with van der Waals surface area (Å²) < 4.78 is 6.84. The Labute approximate surface area is 173 Å². The summed E-state index contributed by atoms with van der Waals surface area (Å²) in [6.45, 7) is 2.06. The van der Waals surface area contributed by atoms with Crippen molar-refractivity contribution in [3.8, 4) is 11.4 Å². The van der Waals surface area contributed by atoms with Crippen LogP contribution < -0.4 is 20.6 Å². The lowest BCUT2D eigenvalue weighted by Crippen LogP contribution is -2.29. The van der Waals surface area contributed by atoms with E-state index in [-0.39, 0.29) is 30.5 Å². The van der Waals surface area contributed by atoms with Gasteiger partial charge < -0.3 is 19.9 Å². The molecule has 2 heterocycles. The number of carbonyl (C=O) groups is 2. The van der Waals surface area contributed by atoms with Crippen LogP contribution >= 0.6 is 0 Å². The second-order valence-electron chi connectivity index (χ2n) is 7.15. The van der Waals surface area contributed by atoms with E-state index in [0.717, 1.165) is 5.69 Å². The van der Waals surface area contributed by atoms with Crippen molar-refractivity contribution in [3.05, 3.63) is 70.9 Å². The van der Waals surface area contributed by atoms with Gasteiger partial charge in [-0.3, -0.25) is 14.2 Å². The Hall–Kier alpha value is -3.81. The third kappa shape index (κ3) is 3.47. The monoisotopic (exact) mass is 406 g/mol. The normalized spacial score (nSPS) is 16.0. The van der Waals surface area contributed by atoms with Crippen LogP contribution in [0.1, 0.15) is 12.1 Å². The molecule has 0 aliphatic carbocycles. The average molecular weight is 406 g/mol. The molecule has 0 bridgehead atoms. The molecule has 3 aromatic rings. The Morgan fingerprint density at radius 1 is 1.10 bits per heavy atom. The van der Waals surface area contributed by atoms with Gasteiger partial charge in [-0.25, -0.2) is 4.79 Å². The van der Waals surface area contributed by atoms with E-state index in [9.17, 15) is 14.4 Å². The Balaban J connectivity index is 1.56. The predicted molar refractivity (Wildman–Crippen MR) is 113 cm³/mol. The van der Waals surface area contributed by atoms with Crippen molar-refractivity contribution in [1.29, 1.82) is 0 Å². The molecule has 1 atom stereocenters. The van der Waals surface area contributed by atoms with Gasteiger partial charge in [0.2, 0.25) is 11.8 Å². The fourth-order valence-corrected chi connectivity index (χ4v) is 3.73. The summed E-state index contributed by atoms with van der Waals surface area (Å²) in [7, 11) is 1.55. The molecule has 154 valence electrons. The highest BCUT2D eigenvalue weighted by atomic mass is 16.5. The molecule has 1 saturated heterocycles. The topological polar surface area (TPSA) is 96.4 Å². The number of amides is 2. The summed E-state index contributed by atoms with van der Waals surface area (Å²) in [6.07, 6.45) is 1.72.